The van der Waals surface area contributed by atoms with Crippen LogP contribution in [0.1, 0.15) is 30.9 Å². The number of para-hydroxylation sites is 1. The predicted octanol–water partition coefficient (Wildman–Crippen LogP) is 3.72. The molecule has 0 aliphatic rings. The van der Waals surface area contributed by atoms with Crippen LogP contribution in [-0.2, 0) is 31.5 Å². The molecule has 0 radical (unpaired) electrons. The number of unbranched alkanes of at least 4 members (excludes halogenated alkanes) is 1. The van der Waals surface area contributed by atoms with Gasteiger partial charge in [0.2, 0.25) is 5.91 Å². The fraction of sp³-hybridized carbons (Fsp3) is 0.364. The van der Waals surface area contributed by atoms with E-state index in [4.69, 9.17) is 0 Å². The second-order valence-electron chi connectivity index (χ2n) is 7.50. The molecule has 1 amide bonds. The van der Waals surface area contributed by atoms with Crippen LogP contribution in [0.5, 0.6) is 0 Å². The SMILES string of the molecule is CCCCc1cnc2c(c1SCC(=O)Nc1ccccc1C(F)(F)F)c(=O)n(C)c(=O)n2C. The number of hydrogen-bond acceptors (Lipinski definition) is 5. The third kappa shape index (κ3) is 5.13. The lowest BCUT2D eigenvalue weighted by molar-refractivity contribution is -0.137. The lowest BCUT2D eigenvalue weighted by atomic mass is 10.1. The lowest BCUT2D eigenvalue weighted by Crippen LogP contribution is -2.37. The first-order valence-electron chi connectivity index (χ1n) is 10.2. The monoisotopic (exact) mass is 480 g/mol. The molecule has 33 heavy (non-hydrogen) atoms. The van der Waals surface area contributed by atoms with Crippen LogP contribution in [0.3, 0.4) is 0 Å². The van der Waals surface area contributed by atoms with E-state index in [1.54, 1.807) is 6.20 Å². The van der Waals surface area contributed by atoms with E-state index in [0.29, 0.717) is 11.3 Å². The Balaban J connectivity index is 1.98. The third-order valence-electron chi connectivity index (χ3n) is 5.15. The Morgan fingerprint density at radius 2 is 1.85 bits per heavy atom. The normalized spacial score (nSPS) is 11.7. The van der Waals surface area contributed by atoms with Gasteiger partial charge in [-0.3, -0.25) is 18.7 Å². The highest BCUT2D eigenvalue weighted by Crippen LogP contribution is 2.35. The largest absolute Gasteiger partial charge is 0.418 e. The second kappa shape index (κ2) is 9.82. The van der Waals surface area contributed by atoms with Crippen molar-refractivity contribution in [1.29, 1.82) is 0 Å². The number of aryl methyl sites for hydroxylation is 2. The van der Waals surface area contributed by atoms with E-state index in [1.807, 2.05) is 6.92 Å². The molecule has 3 aromatic rings. The summed E-state index contributed by atoms with van der Waals surface area (Å²) in [6.45, 7) is 2.01. The van der Waals surface area contributed by atoms with E-state index < -0.39 is 28.9 Å². The number of carbonyl (C=O) groups is 1. The van der Waals surface area contributed by atoms with Crippen LogP contribution in [0.15, 0.2) is 44.9 Å². The van der Waals surface area contributed by atoms with Gasteiger partial charge in [0.25, 0.3) is 5.56 Å². The predicted molar refractivity (Wildman–Crippen MR) is 122 cm³/mol. The zero-order valence-electron chi connectivity index (χ0n) is 18.3. The Morgan fingerprint density at radius 3 is 2.52 bits per heavy atom. The summed E-state index contributed by atoms with van der Waals surface area (Å²) in [7, 11) is 2.86. The maximum absolute atomic E-state index is 13.2. The van der Waals surface area contributed by atoms with E-state index in [9.17, 15) is 27.6 Å². The quantitative estimate of drug-likeness (QED) is 0.521. The van der Waals surface area contributed by atoms with Crippen molar-refractivity contribution in [3.05, 3.63) is 62.4 Å². The van der Waals surface area contributed by atoms with Gasteiger partial charge >= 0.3 is 11.9 Å². The molecular formula is C22H23F3N4O3S. The molecule has 11 heteroatoms. The highest BCUT2D eigenvalue weighted by Gasteiger charge is 2.33. The minimum absolute atomic E-state index is 0.189. The van der Waals surface area contributed by atoms with Crippen molar-refractivity contribution < 1.29 is 18.0 Å². The Kier molecular flexibility index (Phi) is 7.31. The summed E-state index contributed by atoms with van der Waals surface area (Å²) in [6.07, 6.45) is -0.717. The lowest BCUT2D eigenvalue weighted by Gasteiger charge is -2.15. The van der Waals surface area contributed by atoms with Crippen LogP contribution in [-0.4, -0.2) is 25.8 Å². The molecule has 7 nitrogen and oxygen atoms in total. The molecule has 0 unspecified atom stereocenters. The summed E-state index contributed by atoms with van der Waals surface area (Å²) < 4.78 is 41.9. The van der Waals surface area contributed by atoms with Crippen molar-refractivity contribution in [2.75, 3.05) is 11.1 Å². The van der Waals surface area contributed by atoms with Gasteiger partial charge in [-0.25, -0.2) is 9.78 Å². The van der Waals surface area contributed by atoms with Crippen LogP contribution < -0.4 is 16.6 Å². The number of fused-ring (bicyclic) bond motifs is 1. The first-order valence-corrected chi connectivity index (χ1v) is 11.2. The van der Waals surface area contributed by atoms with Crippen molar-refractivity contribution in [2.45, 2.75) is 37.3 Å². The van der Waals surface area contributed by atoms with Crippen LogP contribution >= 0.6 is 11.8 Å². The number of pyridine rings is 1. The molecule has 0 fully saturated rings. The highest BCUT2D eigenvalue weighted by atomic mass is 32.2. The number of hydrogen-bond donors (Lipinski definition) is 1. The average Bonchev–Trinajstić information content (AvgIpc) is 2.78. The summed E-state index contributed by atoms with van der Waals surface area (Å²) in [6, 6.07) is 4.73. The zero-order valence-corrected chi connectivity index (χ0v) is 19.1. The molecule has 0 atom stereocenters. The van der Waals surface area contributed by atoms with Crippen LogP contribution in [0.2, 0.25) is 0 Å². The van der Waals surface area contributed by atoms with Gasteiger partial charge in [-0.15, -0.1) is 11.8 Å². The van der Waals surface area contributed by atoms with Gasteiger partial charge in [-0.1, -0.05) is 25.5 Å². The van der Waals surface area contributed by atoms with Gasteiger partial charge in [0, 0.05) is 25.2 Å². The molecule has 2 aromatic heterocycles. The van der Waals surface area contributed by atoms with E-state index in [1.165, 1.54) is 36.9 Å². The molecule has 0 saturated heterocycles. The number of rotatable bonds is 7. The minimum Gasteiger partial charge on any atom is -0.325 e. The molecule has 1 N–H and O–H groups in total. The molecule has 0 spiro atoms. The Morgan fingerprint density at radius 1 is 1.15 bits per heavy atom. The maximum atomic E-state index is 13.2. The topological polar surface area (TPSA) is 86.0 Å². The molecule has 2 heterocycles. The van der Waals surface area contributed by atoms with Gasteiger partial charge < -0.3 is 5.32 Å². The van der Waals surface area contributed by atoms with E-state index in [2.05, 4.69) is 10.3 Å². The van der Waals surface area contributed by atoms with E-state index in [-0.39, 0.29) is 22.5 Å². The first kappa shape index (κ1) is 24.6. The number of anilines is 1. The van der Waals surface area contributed by atoms with Crippen molar-refractivity contribution in [3.8, 4) is 0 Å². The van der Waals surface area contributed by atoms with Crippen molar-refractivity contribution in [2.24, 2.45) is 14.1 Å². The zero-order chi connectivity index (χ0) is 24.3. The number of amides is 1. The number of thioether (sulfide) groups is 1. The summed E-state index contributed by atoms with van der Waals surface area (Å²) in [5.74, 6) is -0.874. The molecule has 176 valence electrons. The number of halogens is 3. The third-order valence-corrected chi connectivity index (χ3v) is 6.31. The number of carbonyl (C=O) groups excluding carboxylic acids is 1. The highest BCUT2D eigenvalue weighted by molar-refractivity contribution is 8.00. The van der Waals surface area contributed by atoms with Crippen LogP contribution in [0.4, 0.5) is 18.9 Å². The molecule has 0 bridgehead atoms. The fourth-order valence-electron chi connectivity index (χ4n) is 3.42. The first-order chi connectivity index (χ1) is 15.6. The number of nitrogens with one attached hydrogen (secondary N) is 1. The van der Waals surface area contributed by atoms with Gasteiger partial charge in [-0.05, 0) is 30.5 Å². The fourth-order valence-corrected chi connectivity index (χ4v) is 4.43. The summed E-state index contributed by atoms with van der Waals surface area (Å²) in [5, 5.41) is 2.52. The summed E-state index contributed by atoms with van der Waals surface area (Å²) in [5.41, 5.74) is -1.41. The van der Waals surface area contributed by atoms with Crippen molar-refractivity contribution >= 4 is 34.4 Å². The van der Waals surface area contributed by atoms with E-state index >= 15 is 0 Å². The smallest absolute Gasteiger partial charge is 0.325 e. The molecule has 3 rings (SSSR count). The van der Waals surface area contributed by atoms with Crippen molar-refractivity contribution in [1.82, 2.24) is 14.1 Å². The summed E-state index contributed by atoms with van der Waals surface area (Å²) >= 11 is 1.04. The Hall–Kier alpha value is -3.08. The molecule has 0 aliphatic heterocycles. The van der Waals surface area contributed by atoms with Gasteiger partial charge in [0.1, 0.15) is 5.65 Å². The summed E-state index contributed by atoms with van der Waals surface area (Å²) in [4.78, 5) is 42.5. The minimum atomic E-state index is -4.61. The number of nitrogens with zero attached hydrogens (tertiary/aromatic N) is 3. The van der Waals surface area contributed by atoms with Gasteiger partial charge in [0.05, 0.1) is 22.4 Å². The number of alkyl halides is 3. The van der Waals surface area contributed by atoms with Gasteiger partial charge in [0.15, 0.2) is 0 Å². The number of benzene rings is 1. The second-order valence-corrected chi connectivity index (χ2v) is 8.49. The van der Waals surface area contributed by atoms with E-state index in [0.717, 1.165) is 40.8 Å². The Bertz CT molecular complexity index is 1320. The Labute approximate surface area is 191 Å². The number of aromatic nitrogens is 3. The van der Waals surface area contributed by atoms with Crippen LogP contribution in [0, 0.1) is 0 Å². The van der Waals surface area contributed by atoms with Crippen molar-refractivity contribution in [3.63, 3.8) is 0 Å². The molecule has 1 aromatic carbocycles. The van der Waals surface area contributed by atoms with Gasteiger partial charge in [-0.2, -0.15) is 13.2 Å². The average molecular weight is 481 g/mol. The standard InChI is InChI=1S/C22H23F3N4O3S/c1-4-5-8-13-11-26-19-17(20(31)29(3)21(32)28(19)2)18(13)33-12-16(30)27-15-10-7-6-9-14(15)22(23,24)25/h6-7,9-11H,4-5,8,12H2,1-3H3,(H,27,30). The molecule has 0 saturated carbocycles. The van der Waals surface area contributed by atoms with Crippen LogP contribution in [0.25, 0.3) is 11.0 Å². The molecular weight excluding hydrogens is 457 g/mol. The maximum Gasteiger partial charge on any atom is 0.418 e. The molecule has 0 aliphatic carbocycles.